The van der Waals surface area contributed by atoms with Crippen molar-refractivity contribution in [2.75, 3.05) is 46.3 Å². The van der Waals surface area contributed by atoms with Crippen LogP contribution in [-0.4, -0.2) is 74.3 Å². The van der Waals surface area contributed by atoms with Crippen LogP contribution in [0.4, 0.5) is 0 Å². The average molecular weight is 500 g/mol. The van der Waals surface area contributed by atoms with E-state index in [0.29, 0.717) is 12.2 Å². The second-order valence-corrected chi connectivity index (χ2v) is 8.13. The van der Waals surface area contributed by atoms with E-state index in [1.54, 1.807) is 0 Å². The molecule has 0 spiro atoms. The van der Waals surface area contributed by atoms with Gasteiger partial charge in [0, 0.05) is 46.3 Å². The second kappa shape index (κ2) is 12.0. The number of ether oxygens (including phenoxy) is 1. The molecule has 3 rings (SSSR count). The first-order chi connectivity index (χ1) is 13.1. The van der Waals surface area contributed by atoms with Crippen LogP contribution in [0.5, 0.6) is 0 Å². The zero-order valence-corrected chi connectivity index (χ0v) is 20.0. The first-order valence-corrected chi connectivity index (χ1v) is 10.5. The SMILES string of the molecule is CN=C(NCCCN1CC(C)OC(C)C1)N1CCC(Cc2ccccc2)C1.I. The van der Waals surface area contributed by atoms with Gasteiger partial charge < -0.3 is 15.0 Å². The number of likely N-dealkylation sites (tertiary alicyclic amines) is 1. The summed E-state index contributed by atoms with van der Waals surface area (Å²) < 4.78 is 5.82. The summed E-state index contributed by atoms with van der Waals surface area (Å²) in [4.78, 5) is 9.46. The summed E-state index contributed by atoms with van der Waals surface area (Å²) in [6, 6.07) is 10.8. The standard InChI is InChI=1S/C22H36N4O.HI/c1-18-15-25(16-19(2)27-18)12-7-11-24-22(23-3)26-13-10-21(17-26)14-20-8-5-4-6-9-20;/h4-6,8-9,18-19,21H,7,10-17H2,1-3H3,(H,23,24);1H. The molecule has 2 heterocycles. The van der Waals surface area contributed by atoms with E-state index in [2.05, 4.69) is 64.3 Å². The van der Waals surface area contributed by atoms with Crippen LogP contribution in [0.15, 0.2) is 35.3 Å². The minimum Gasteiger partial charge on any atom is -0.373 e. The maximum atomic E-state index is 5.82. The van der Waals surface area contributed by atoms with Crippen LogP contribution in [0.1, 0.15) is 32.3 Å². The first-order valence-electron chi connectivity index (χ1n) is 10.5. The summed E-state index contributed by atoms with van der Waals surface area (Å²) in [5.74, 6) is 1.79. The lowest BCUT2D eigenvalue weighted by atomic mass is 9.99. The molecule has 0 aliphatic carbocycles. The largest absolute Gasteiger partial charge is 0.373 e. The van der Waals surface area contributed by atoms with Gasteiger partial charge in [0.15, 0.2) is 5.96 Å². The highest BCUT2D eigenvalue weighted by molar-refractivity contribution is 14.0. The molecule has 158 valence electrons. The van der Waals surface area contributed by atoms with Gasteiger partial charge in [-0.05, 0) is 44.6 Å². The van der Waals surface area contributed by atoms with Gasteiger partial charge in [-0.15, -0.1) is 24.0 Å². The Morgan fingerprint density at radius 3 is 2.54 bits per heavy atom. The quantitative estimate of drug-likeness (QED) is 0.282. The van der Waals surface area contributed by atoms with Gasteiger partial charge in [0.25, 0.3) is 0 Å². The van der Waals surface area contributed by atoms with Crippen LogP contribution in [0.3, 0.4) is 0 Å². The summed E-state index contributed by atoms with van der Waals surface area (Å²) in [7, 11) is 1.90. The molecule has 0 bridgehead atoms. The highest BCUT2D eigenvalue weighted by atomic mass is 127. The molecule has 2 fully saturated rings. The zero-order valence-electron chi connectivity index (χ0n) is 17.6. The number of rotatable bonds is 6. The number of nitrogens with one attached hydrogen (secondary N) is 1. The summed E-state index contributed by atoms with van der Waals surface area (Å²) in [6.07, 6.45) is 4.25. The number of benzene rings is 1. The smallest absolute Gasteiger partial charge is 0.193 e. The lowest BCUT2D eigenvalue weighted by Gasteiger charge is -2.35. The monoisotopic (exact) mass is 500 g/mol. The van der Waals surface area contributed by atoms with E-state index in [4.69, 9.17) is 4.74 Å². The minimum absolute atomic E-state index is 0. The first kappa shape index (κ1) is 23.4. The molecule has 1 aromatic carbocycles. The Morgan fingerprint density at radius 2 is 1.86 bits per heavy atom. The van der Waals surface area contributed by atoms with Crippen molar-refractivity contribution in [2.45, 2.75) is 45.3 Å². The molecule has 3 unspecified atom stereocenters. The van der Waals surface area contributed by atoms with E-state index in [1.165, 1.54) is 18.4 Å². The van der Waals surface area contributed by atoms with Gasteiger partial charge in [0.2, 0.25) is 0 Å². The molecule has 28 heavy (non-hydrogen) atoms. The Labute approximate surface area is 187 Å². The van der Waals surface area contributed by atoms with E-state index in [-0.39, 0.29) is 24.0 Å². The van der Waals surface area contributed by atoms with E-state index < -0.39 is 0 Å². The third kappa shape index (κ3) is 7.19. The van der Waals surface area contributed by atoms with E-state index in [9.17, 15) is 0 Å². The van der Waals surface area contributed by atoms with Crippen LogP contribution < -0.4 is 5.32 Å². The molecule has 0 aromatic heterocycles. The number of hydrogen-bond donors (Lipinski definition) is 1. The van der Waals surface area contributed by atoms with Crippen molar-refractivity contribution in [1.29, 1.82) is 0 Å². The highest BCUT2D eigenvalue weighted by Gasteiger charge is 2.25. The predicted molar refractivity (Wildman–Crippen MR) is 128 cm³/mol. The number of halogens is 1. The zero-order chi connectivity index (χ0) is 19.1. The fraction of sp³-hybridized carbons (Fsp3) is 0.682. The van der Waals surface area contributed by atoms with E-state index >= 15 is 0 Å². The van der Waals surface area contributed by atoms with Gasteiger partial charge in [-0.3, -0.25) is 9.89 Å². The van der Waals surface area contributed by atoms with Crippen LogP contribution in [0.2, 0.25) is 0 Å². The molecule has 0 saturated carbocycles. The number of guanidine groups is 1. The van der Waals surface area contributed by atoms with Crippen LogP contribution in [0, 0.1) is 5.92 Å². The molecule has 5 nitrogen and oxygen atoms in total. The molecule has 1 N–H and O–H groups in total. The topological polar surface area (TPSA) is 40.1 Å². The highest BCUT2D eigenvalue weighted by Crippen LogP contribution is 2.20. The van der Waals surface area contributed by atoms with Crippen molar-refractivity contribution in [1.82, 2.24) is 15.1 Å². The average Bonchev–Trinajstić information content (AvgIpc) is 3.10. The van der Waals surface area contributed by atoms with Crippen LogP contribution >= 0.6 is 24.0 Å². The molecule has 3 atom stereocenters. The van der Waals surface area contributed by atoms with Crippen molar-refractivity contribution in [3.63, 3.8) is 0 Å². The van der Waals surface area contributed by atoms with Gasteiger partial charge in [-0.25, -0.2) is 0 Å². The van der Waals surface area contributed by atoms with E-state index in [1.807, 2.05) is 7.05 Å². The molecular formula is C22H37IN4O. The number of nitrogens with zero attached hydrogens (tertiary/aromatic N) is 3. The summed E-state index contributed by atoms with van der Waals surface area (Å²) >= 11 is 0. The predicted octanol–water partition coefficient (Wildman–Crippen LogP) is 3.24. The van der Waals surface area contributed by atoms with Gasteiger partial charge >= 0.3 is 0 Å². The lowest BCUT2D eigenvalue weighted by molar-refractivity contribution is -0.0679. The minimum atomic E-state index is 0. The van der Waals surface area contributed by atoms with Gasteiger partial charge in [0.1, 0.15) is 0 Å². The molecule has 0 radical (unpaired) electrons. The van der Waals surface area contributed by atoms with Crippen molar-refractivity contribution in [3.8, 4) is 0 Å². The molecule has 2 saturated heterocycles. The molecule has 6 heteroatoms. The Morgan fingerprint density at radius 1 is 1.14 bits per heavy atom. The van der Waals surface area contributed by atoms with Crippen LogP contribution in [-0.2, 0) is 11.2 Å². The van der Waals surface area contributed by atoms with Crippen molar-refractivity contribution in [2.24, 2.45) is 10.9 Å². The molecule has 2 aliphatic heterocycles. The third-order valence-corrected chi connectivity index (χ3v) is 5.59. The maximum absolute atomic E-state index is 5.82. The number of aliphatic imine (C=N–C) groups is 1. The van der Waals surface area contributed by atoms with Gasteiger partial charge in [-0.2, -0.15) is 0 Å². The van der Waals surface area contributed by atoms with Crippen molar-refractivity contribution < 1.29 is 4.74 Å². The lowest BCUT2D eigenvalue weighted by Crippen LogP contribution is -2.46. The van der Waals surface area contributed by atoms with Gasteiger partial charge in [0.05, 0.1) is 12.2 Å². The van der Waals surface area contributed by atoms with Crippen molar-refractivity contribution >= 4 is 29.9 Å². The fourth-order valence-electron chi connectivity index (χ4n) is 4.44. The summed E-state index contributed by atoms with van der Waals surface area (Å²) in [5.41, 5.74) is 1.45. The third-order valence-electron chi connectivity index (χ3n) is 5.59. The Bertz CT molecular complexity index is 587. The van der Waals surface area contributed by atoms with Crippen LogP contribution in [0.25, 0.3) is 0 Å². The van der Waals surface area contributed by atoms with Gasteiger partial charge in [-0.1, -0.05) is 30.3 Å². The Hall–Kier alpha value is -0.860. The number of morpholine rings is 1. The normalized spacial score (nSPS) is 26.2. The second-order valence-electron chi connectivity index (χ2n) is 8.13. The van der Waals surface area contributed by atoms with Crippen molar-refractivity contribution in [3.05, 3.63) is 35.9 Å². The summed E-state index contributed by atoms with van der Waals surface area (Å²) in [6.45, 7) is 10.7. The molecule has 2 aliphatic rings. The Kier molecular flexibility index (Phi) is 10.0. The molecule has 1 aromatic rings. The molecular weight excluding hydrogens is 463 g/mol. The maximum Gasteiger partial charge on any atom is 0.193 e. The molecule has 0 amide bonds. The Balaban J connectivity index is 0.00000280. The fourth-order valence-corrected chi connectivity index (χ4v) is 4.44. The summed E-state index contributed by atoms with van der Waals surface area (Å²) in [5, 5.41) is 3.58. The number of hydrogen-bond acceptors (Lipinski definition) is 3. The van der Waals surface area contributed by atoms with E-state index in [0.717, 1.165) is 57.6 Å².